The number of hydrogen-bond donors (Lipinski definition) is 1. The van der Waals surface area contributed by atoms with Gasteiger partial charge in [-0.25, -0.2) is 0 Å². The first-order valence-corrected chi connectivity index (χ1v) is 7.74. The topological polar surface area (TPSA) is 81.5 Å². The van der Waals surface area contributed by atoms with Gasteiger partial charge in [0.05, 0.1) is 31.2 Å². The van der Waals surface area contributed by atoms with Gasteiger partial charge in [-0.3, -0.25) is 14.9 Å². The Hall–Kier alpha value is -2.02. The molecule has 126 valence electrons. The van der Waals surface area contributed by atoms with E-state index in [2.05, 4.69) is 5.32 Å². The van der Waals surface area contributed by atoms with Gasteiger partial charge < -0.3 is 10.1 Å². The molecular formula is C15H11Cl3N2O4. The zero-order valence-electron chi connectivity index (χ0n) is 12.3. The van der Waals surface area contributed by atoms with Crippen LogP contribution in [0.2, 0.25) is 15.1 Å². The molecule has 0 aliphatic heterocycles. The monoisotopic (exact) mass is 388 g/mol. The predicted octanol–water partition coefficient (Wildman–Crippen LogP) is 4.88. The summed E-state index contributed by atoms with van der Waals surface area (Å²) in [6.07, 6.45) is 0. The predicted molar refractivity (Wildman–Crippen MR) is 93.4 cm³/mol. The minimum absolute atomic E-state index is 0.0829. The third-order valence-electron chi connectivity index (χ3n) is 3.10. The summed E-state index contributed by atoms with van der Waals surface area (Å²) in [6.45, 7) is 1.19. The molecule has 0 aliphatic carbocycles. The van der Waals surface area contributed by atoms with Crippen molar-refractivity contribution in [1.82, 2.24) is 0 Å². The van der Waals surface area contributed by atoms with E-state index in [1.54, 1.807) is 13.0 Å². The van der Waals surface area contributed by atoms with Gasteiger partial charge in [0.15, 0.2) is 6.61 Å². The number of anilines is 1. The van der Waals surface area contributed by atoms with E-state index in [-0.39, 0.29) is 38.8 Å². The van der Waals surface area contributed by atoms with Crippen LogP contribution in [-0.2, 0) is 4.79 Å². The molecular weight excluding hydrogens is 379 g/mol. The zero-order chi connectivity index (χ0) is 17.9. The number of hydrogen-bond acceptors (Lipinski definition) is 4. The maximum Gasteiger partial charge on any atom is 0.276 e. The largest absolute Gasteiger partial charge is 0.483 e. The van der Waals surface area contributed by atoms with Crippen molar-refractivity contribution >= 4 is 52.1 Å². The Labute approximate surface area is 152 Å². The summed E-state index contributed by atoms with van der Waals surface area (Å²) in [4.78, 5) is 22.3. The van der Waals surface area contributed by atoms with E-state index in [4.69, 9.17) is 39.5 Å². The molecule has 0 bridgehead atoms. The zero-order valence-corrected chi connectivity index (χ0v) is 14.6. The van der Waals surface area contributed by atoms with Crippen molar-refractivity contribution in [3.63, 3.8) is 0 Å². The number of nitro benzene ring substituents is 1. The quantitative estimate of drug-likeness (QED) is 0.449. The van der Waals surface area contributed by atoms with Gasteiger partial charge in [-0.2, -0.15) is 0 Å². The molecule has 0 fully saturated rings. The van der Waals surface area contributed by atoms with Crippen LogP contribution >= 0.6 is 34.8 Å². The van der Waals surface area contributed by atoms with Gasteiger partial charge in [0.25, 0.3) is 11.6 Å². The number of nitro groups is 1. The molecule has 0 spiro atoms. The fraction of sp³-hybridized carbons (Fsp3) is 0.133. The second-order valence-electron chi connectivity index (χ2n) is 4.74. The summed E-state index contributed by atoms with van der Waals surface area (Å²) in [5.74, 6) is -0.249. The van der Waals surface area contributed by atoms with Crippen LogP contribution in [0.1, 0.15) is 5.56 Å². The molecule has 0 unspecified atom stereocenters. The second kappa shape index (κ2) is 7.70. The van der Waals surface area contributed by atoms with Crippen LogP contribution in [0.4, 0.5) is 11.4 Å². The van der Waals surface area contributed by atoms with E-state index in [1.165, 1.54) is 24.3 Å². The molecule has 0 heterocycles. The molecule has 24 heavy (non-hydrogen) atoms. The van der Waals surface area contributed by atoms with Crippen molar-refractivity contribution in [3.8, 4) is 5.75 Å². The smallest absolute Gasteiger partial charge is 0.276 e. The Morgan fingerprint density at radius 2 is 1.88 bits per heavy atom. The number of carbonyl (C=O) groups is 1. The first-order chi connectivity index (χ1) is 11.3. The first kappa shape index (κ1) is 18.3. The molecule has 1 N–H and O–H groups in total. The van der Waals surface area contributed by atoms with Gasteiger partial charge in [0, 0.05) is 6.07 Å². The van der Waals surface area contributed by atoms with Gasteiger partial charge >= 0.3 is 0 Å². The molecule has 6 nitrogen and oxygen atoms in total. The SMILES string of the molecule is Cc1c(OCC(=O)Nc2cc(Cl)c(Cl)cc2Cl)cccc1[N+](=O)[O-]. The number of halogens is 3. The van der Waals surface area contributed by atoms with Crippen LogP contribution in [0.5, 0.6) is 5.75 Å². The summed E-state index contributed by atoms with van der Waals surface area (Å²) in [5, 5.41) is 14.2. The molecule has 9 heteroatoms. The van der Waals surface area contributed by atoms with Crippen LogP contribution < -0.4 is 10.1 Å². The summed E-state index contributed by atoms with van der Waals surface area (Å²) in [6, 6.07) is 7.21. The molecule has 2 aromatic carbocycles. The lowest BCUT2D eigenvalue weighted by atomic mass is 10.2. The van der Waals surface area contributed by atoms with E-state index >= 15 is 0 Å². The third-order valence-corrected chi connectivity index (χ3v) is 4.13. The van der Waals surface area contributed by atoms with E-state index in [0.717, 1.165) is 0 Å². The number of nitrogens with one attached hydrogen (secondary N) is 1. The lowest BCUT2D eigenvalue weighted by molar-refractivity contribution is -0.385. The Bertz CT molecular complexity index is 812. The van der Waals surface area contributed by atoms with E-state index in [1.807, 2.05) is 0 Å². The summed E-state index contributed by atoms with van der Waals surface area (Å²) in [7, 11) is 0. The van der Waals surface area contributed by atoms with Crippen molar-refractivity contribution in [2.45, 2.75) is 6.92 Å². The van der Waals surface area contributed by atoms with Crippen molar-refractivity contribution in [2.75, 3.05) is 11.9 Å². The first-order valence-electron chi connectivity index (χ1n) is 6.60. The molecule has 0 atom stereocenters. The molecule has 0 aliphatic rings. The van der Waals surface area contributed by atoms with Gasteiger partial charge in [0.1, 0.15) is 5.75 Å². The van der Waals surface area contributed by atoms with Crippen LogP contribution in [0.15, 0.2) is 30.3 Å². The maximum atomic E-state index is 12.0. The van der Waals surface area contributed by atoms with Crippen molar-refractivity contribution in [2.24, 2.45) is 0 Å². The highest BCUT2D eigenvalue weighted by molar-refractivity contribution is 6.44. The van der Waals surface area contributed by atoms with Gasteiger partial charge in [-0.1, -0.05) is 40.9 Å². The summed E-state index contributed by atoms with van der Waals surface area (Å²) < 4.78 is 5.34. The van der Waals surface area contributed by atoms with E-state index in [0.29, 0.717) is 5.56 Å². The minimum Gasteiger partial charge on any atom is -0.483 e. The normalized spacial score (nSPS) is 10.3. The highest BCUT2D eigenvalue weighted by atomic mass is 35.5. The molecule has 1 amide bonds. The summed E-state index contributed by atoms with van der Waals surface area (Å²) >= 11 is 17.7. The van der Waals surface area contributed by atoms with E-state index in [9.17, 15) is 14.9 Å². The molecule has 2 rings (SSSR count). The lowest BCUT2D eigenvalue weighted by Gasteiger charge is -2.11. The van der Waals surface area contributed by atoms with Gasteiger partial charge in [0.2, 0.25) is 0 Å². The molecule has 0 aromatic heterocycles. The number of benzene rings is 2. The fourth-order valence-electron chi connectivity index (χ4n) is 1.90. The second-order valence-corrected chi connectivity index (χ2v) is 5.96. The van der Waals surface area contributed by atoms with Crippen molar-refractivity contribution in [1.29, 1.82) is 0 Å². The Kier molecular flexibility index (Phi) is 5.88. The lowest BCUT2D eigenvalue weighted by Crippen LogP contribution is -2.20. The maximum absolute atomic E-state index is 12.0. The number of ether oxygens (including phenoxy) is 1. The molecule has 0 saturated heterocycles. The van der Waals surface area contributed by atoms with E-state index < -0.39 is 10.8 Å². The minimum atomic E-state index is -0.516. The Morgan fingerprint density at radius 3 is 2.54 bits per heavy atom. The third kappa shape index (κ3) is 4.29. The van der Waals surface area contributed by atoms with Gasteiger partial charge in [-0.15, -0.1) is 0 Å². The Balaban J connectivity index is 2.06. The molecule has 0 saturated carbocycles. The van der Waals surface area contributed by atoms with Crippen LogP contribution in [0, 0.1) is 17.0 Å². The Morgan fingerprint density at radius 1 is 1.21 bits per heavy atom. The highest BCUT2D eigenvalue weighted by Crippen LogP contribution is 2.32. The summed E-state index contributed by atoms with van der Waals surface area (Å²) in [5.41, 5.74) is 0.540. The highest BCUT2D eigenvalue weighted by Gasteiger charge is 2.15. The van der Waals surface area contributed by atoms with Crippen molar-refractivity contribution in [3.05, 3.63) is 61.1 Å². The molecule has 0 radical (unpaired) electrons. The van der Waals surface area contributed by atoms with Crippen molar-refractivity contribution < 1.29 is 14.5 Å². The van der Waals surface area contributed by atoms with Crippen LogP contribution in [0.3, 0.4) is 0 Å². The molecule has 2 aromatic rings. The number of amides is 1. The fourth-order valence-corrected chi connectivity index (χ4v) is 2.50. The van der Waals surface area contributed by atoms with Crippen LogP contribution in [0.25, 0.3) is 0 Å². The number of nitrogens with zero attached hydrogens (tertiary/aromatic N) is 1. The van der Waals surface area contributed by atoms with Gasteiger partial charge in [-0.05, 0) is 25.1 Å². The average molecular weight is 390 g/mol. The number of rotatable bonds is 5. The number of carbonyl (C=O) groups excluding carboxylic acids is 1. The average Bonchev–Trinajstić information content (AvgIpc) is 2.51. The standard InChI is InChI=1S/C15H11Cl3N2O4/c1-8-13(20(22)23)3-2-4-14(8)24-7-15(21)19-12-6-10(17)9(16)5-11(12)18/h2-6H,7H2,1H3,(H,19,21). The van der Waals surface area contributed by atoms with Crippen LogP contribution in [-0.4, -0.2) is 17.4 Å².